The Morgan fingerprint density at radius 1 is 1.36 bits per heavy atom. The summed E-state index contributed by atoms with van der Waals surface area (Å²) in [5.41, 5.74) is 0.366. The molecule has 0 radical (unpaired) electrons. The van der Waals surface area contributed by atoms with E-state index in [9.17, 15) is 9.59 Å². The second kappa shape index (κ2) is 6.35. The van der Waals surface area contributed by atoms with Crippen molar-refractivity contribution in [2.24, 2.45) is 0 Å². The van der Waals surface area contributed by atoms with Crippen LogP contribution >= 0.6 is 0 Å². The van der Waals surface area contributed by atoms with Crippen LogP contribution in [0.5, 0.6) is 0 Å². The Balaban J connectivity index is 1.66. The first kappa shape index (κ1) is 17.8. The first-order valence-electron chi connectivity index (χ1n) is 8.96. The predicted octanol–water partition coefficient (Wildman–Crippen LogP) is 3.45. The summed E-state index contributed by atoms with van der Waals surface area (Å²) in [7, 11) is 0. The zero-order valence-corrected chi connectivity index (χ0v) is 15.4. The fraction of sp³-hybridized carbons (Fsp3) is 0.722. The minimum atomic E-state index is -0.588. The highest BCUT2D eigenvalue weighted by Crippen LogP contribution is 2.47. The van der Waals surface area contributed by atoms with Crippen LogP contribution in [0.4, 0.5) is 10.7 Å². The Morgan fingerprint density at radius 2 is 2.08 bits per heavy atom. The zero-order valence-electron chi connectivity index (χ0n) is 15.4. The third-order valence-corrected chi connectivity index (χ3v) is 4.81. The molecule has 1 aromatic rings. The molecule has 1 saturated carbocycles. The van der Waals surface area contributed by atoms with E-state index < -0.39 is 17.7 Å². The van der Waals surface area contributed by atoms with Gasteiger partial charge < -0.3 is 9.26 Å². The summed E-state index contributed by atoms with van der Waals surface area (Å²) in [5.74, 6) is 0.0806. The number of nitrogens with one attached hydrogen (secondary N) is 1. The number of aromatic nitrogens is 1. The number of nitrogens with zero attached hydrogens (tertiary/aromatic N) is 2. The van der Waals surface area contributed by atoms with Gasteiger partial charge >= 0.3 is 6.09 Å². The maximum absolute atomic E-state index is 12.7. The van der Waals surface area contributed by atoms with E-state index in [4.69, 9.17) is 9.26 Å². The molecule has 1 atom stereocenters. The predicted molar refractivity (Wildman–Crippen MR) is 92.3 cm³/mol. The molecule has 1 aliphatic heterocycles. The number of ether oxygens (including phenoxy) is 1. The van der Waals surface area contributed by atoms with Crippen LogP contribution in [-0.2, 0) is 14.9 Å². The fourth-order valence-corrected chi connectivity index (χ4v) is 3.01. The minimum absolute atomic E-state index is 0.0832. The Morgan fingerprint density at radius 3 is 2.72 bits per heavy atom. The highest BCUT2D eigenvalue weighted by molar-refractivity contribution is 5.95. The van der Waals surface area contributed by atoms with E-state index in [1.807, 2.05) is 20.8 Å². The van der Waals surface area contributed by atoms with Crippen LogP contribution in [0, 0.1) is 0 Å². The van der Waals surface area contributed by atoms with Crippen molar-refractivity contribution < 1.29 is 18.8 Å². The van der Waals surface area contributed by atoms with Crippen LogP contribution in [0.3, 0.4) is 0 Å². The van der Waals surface area contributed by atoms with Gasteiger partial charge in [0.1, 0.15) is 11.6 Å². The van der Waals surface area contributed by atoms with Gasteiger partial charge in [0.15, 0.2) is 0 Å². The molecule has 7 heteroatoms. The summed E-state index contributed by atoms with van der Waals surface area (Å²) in [6, 6.07) is 1.24. The van der Waals surface area contributed by atoms with Crippen molar-refractivity contribution in [2.75, 3.05) is 11.9 Å². The lowest BCUT2D eigenvalue weighted by Gasteiger charge is -2.35. The van der Waals surface area contributed by atoms with Gasteiger partial charge in [-0.1, -0.05) is 12.1 Å². The molecule has 0 aromatic carbocycles. The molecule has 1 saturated heterocycles. The molecule has 7 nitrogen and oxygen atoms in total. The Bertz CT molecular complexity index is 658. The Labute approximate surface area is 148 Å². The third kappa shape index (κ3) is 4.14. The first-order valence-corrected chi connectivity index (χ1v) is 8.96. The number of hydrogen-bond acceptors (Lipinski definition) is 5. The molecule has 2 fully saturated rings. The largest absolute Gasteiger partial charge is 0.444 e. The van der Waals surface area contributed by atoms with E-state index in [1.54, 1.807) is 6.07 Å². The number of likely N-dealkylation sites (tertiary alicyclic amines) is 1. The number of piperidine rings is 1. The summed E-state index contributed by atoms with van der Waals surface area (Å²) < 4.78 is 10.7. The van der Waals surface area contributed by atoms with E-state index in [0.29, 0.717) is 18.8 Å². The molecule has 3 rings (SSSR count). The molecule has 2 amide bonds. The monoisotopic (exact) mass is 349 g/mol. The second-order valence-electron chi connectivity index (χ2n) is 8.31. The van der Waals surface area contributed by atoms with Gasteiger partial charge in [-0.15, -0.1) is 0 Å². The highest BCUT2D eigenvalue weighted by Gasteiger charge is 2.42. The van der Waals surface area contributed by atoms with E-state index in [0.717, 1.165) is 31.4 Å². The van der Waals surface area contributed by atoms with Crippen LogP contribution < -0.4 is 5.32 Å². The zero-order chi connectivity index (χ0) is 18.2. The SMILES string of the molecule is CC(C)(C)OC(=O)N1CCCC[C@H]1C(=O)Nc1cc(C2(C)CC2)no1. The maximum atomic E-state index is 12.7. The van der Waals surface area contributed by atoms with Crippen molar-refractivity contribution in [3.63, 3.8) is 0 Å². The minimum Gasteiger partial charge on any atom is -0.444 e. The number of rotatable bonds is 3. The Hall–Kier alpha value is -2.05. The molecule has 138 valence electrons. The van der Waals surface area contributed by atoms with Crippen molar-refractivity contribution in [1.29, 1.82) is 0 Å². The van der Waals surface area contributed by atoms with Gasteiger partial charge in [-0.05, 0) is 52.9 Å². The van der Waals surface area contributed by atoms with Gasteiger partial charge in [0.05, 0.1) is 5.69 Å². The van der Waals surface area contributed by atoms with Crippen molar-refractivity contribution in [1.82, 2.24) is 10.1 Å². The molecule has 0 bridgehead atoms. The molecule has 0 spiro atoms. The average molecular weight is 349 g/mol. The van der Waals surface area contributed by atoms with Gasteiger partial charge in [0, 0.05) is 18.0 Å². The maximum Gasteiger partial charge on any atom is 0.410 e. The van der Waals surface area contributed by atoms with E-state index in [-0.39, 0.29) is 11.3 Å². The number of hydrogen-bond donors (Lipinski definition) is 1. The van der Waals surface area contributed by atoms with Crippen LogP contribution in [0.15, 0.2) is 10.6 Å². The fourth-order valence-electron chi connectivity index (χ4n) is 3.01. The molecule has 1 aliphatic carbocycles. The number of amides is 2. The first-order chi connectivity index (χ1) is 11.7. The lowest BCUT2D eigenvalue weighted by molar-refractivity contribution is -0.122. The van der Waals surface area contributed by atoms with Gasteiger partial charge in [-0.3, -0.25) is 15.0 Å². The third-order valence-electron chi connectivity index (χ3n) is 4.81. The number of carbonyl (C=O) groups excluding carboxylic acids is 2. The van der Waals surface area contributed by atoms with Crippen LogP contribution in [0.25, 0.3) is 0 Å². The number of anilines is 1. The smallest absolute Gasteiger partial charge is 0.410 e. The molecule has 1 N–H and O–H groups in total. The quantitative estimate of drug-likeness (QED) is 0.903. The van der Waals surface area contributed by atoms with Crippen molar-refractivity contribution in [3.05, 3.63) is 11.8 Å². The molecule has 0 unspecified atom stereocenters. The van der Waals surface area contributed by atoms with Gasteiger partial charge in [-0.25, -0.2) is 4.79 Å². The van der Waals surface area contributed by atoms with Gasteiger partial charge in [0.2, 0.25) is 11.8 Å². The number of carbonyl (C=O) groups is 2. The molecular formula is C18H27N3O4. The normalized spacial score (nSPS) is 22.4. The molecule has 2 aliphatic rings. The lowest BCUT2D eigenvalue weighted by Crippen LogP contribution is -2.51. The highest BCUT2D eigenvalue weighted by atomic mass is 16.6. The van der Waals surface area contributed by atoms with Crippen molar-refractivity contribution >= 4 is 17.9 Å². The summed E-state index contributed by atoms with van der Waals surface area (Å²) in [4.78, 5) is 26.6. The second-order valence-corrected chi connectivity index (χ2v) is 8.31. The van der Waals surface area contributed by atoms with E-state index in [2.05, 4.69) is 17.4 Å². The average Bonchev–Trinajstić information content (AvgIpc) is 3.10. The van der Waals surface area contributed by atoms with Crippen molar-refractivity contribution in [3.8, 4) is 0 Å². The van der Waals surface area contributed by atoms with Crippen molar-refractivity contribution in [2.45, 2.75) is 76.9 Å². The summed E-state index contributed by atoms with van der Waals surface area (Å²) in [6.45, 7) is 8.10. The molecular weight excluding hydrogens is 322 g/mol. The summed E-state index contributed by atoms with van der Waals surface area (Å²) in [5, 5.41) is 6.82. The van der Waals surface area contributed by atoms with Crippen LogP contribution in [-0.4, -0.2) is 40.2 Å². The van der Waals surface area contributed by atoms with Gasteiger partial charge in [-0.2, -0.15) is 0 Å². The lowest BCUT2D eigenvalue weighted by atomic mass is 10.0. The molecule has 1 aromatic heterocycles. The van der Waals surface area contributed by atoms with E-state index >= 15 is 0 Å². The molecule has 25 heavy (non-hydrogen) atoms. The van der Waals surface area contributed by atoms with Crippen LogP contribution in [0.2, 0.25) is 0 Å². The standard InChI is InChI=1S/C18H27N3O4/c1-17(2,3)24-16(23)21-10-6-5-7-12(21)15(22)19-14-11-13(20-25-14)18(4)8-9-18/h11-12H,5-10H2,1-4H3,(H,19,22)/t12-/m0/s1. The van der Waals surface area contributed by atoms with Crippen LogP contribution in [0.1, 0.15) is 65.5 Å². The Kier molecular flexibility index (Phi) is 4.51. The van der Waals surface area contributed by atoms with E-state index in [1.165, 1.54) is 4.90 Å². The summed E-state index contributed by atoms with van der Waals surface area (Å²) in [6.07, 6.45) is 4.11. The van der Waals surface area contributed by atoms with Gasteiger partial charge in [0.25, 0.3) is 0 Å². The topological polar surface area (TPSA) is 84.7 Å². The molecule has 2 heterocycles. The summed E-state index contributed by atoms with van der Waals surface area (Å²) >= 11 is 0.